The van der Waals surface area contributed by atoms with Gasteiger partial charge >= 0.3 is 192 Å². The molecule has 0 rings (SSSR count). The topological polar surface area (TPSA) is 690 Å². The Labute approximate surface area is 368 Å². The van der Waals surface area contributed by atoms with Gasteiger partial charge < -0.3 is 123 Å². The predicted octanol–water partition coefficient (Wildman–Crippen LogP) is 0.0748. The van der Waals surface area contributed by atoms with Crippen LogP contribution in [0.1, 0.15) is 0 Å². The van der Waals surface area contributed by atoms with Crippen molar-refractivity contribution in [3.63, 3.8) is 0 Å². The van der Waals surface area contributed by atoms with Crippen LogP contribution in [-0.4, -0.2) is 315 Å². The Balaban J connectivity index is -0.0000000193. The third-order valence-corrected chi connectivity index (χ3v) is 0. The monoisotopic (exact) mass is 840 g/mol. The fourth-order valence-electron chi connectivity index (χ4n) is 0. The van der Waals surface area contributed by atoms with Gasteiger partial charge in [-0.15, -0.1) is 0 Å². The van der Waals surface area contributed by atoms with E-state index in [1.807, 2.05) is 0 Å². The Morgan fingerprint density at radius 3 is 0.135 bits per heavy atom. The Bertz CT molecular complexity index is 594. The Kier molecular flexibility index (Phi) is 193. The summed E-state index contributed by atoms with van der Waals surface area (Å²) in [5, 5.41) is 167. The first kappa shape index (κ1) is 103. The predicted molar refractivity (Wildman–Crippen MR) is 156 cm³/mol. The second-order valence-corrected chi connectivity index (χ2v) is 3.39. The average molecular weight is 840 g/mol. The third-order valence-electron chi connectivity index (χ3n) is 0. The molecule has 296 valence electrons. The van der Waals surface area contributed by atoms with Crippen LogP contribution in [0.5, 0.6) is 0 Å². The van der Waals surface area contributed by atoms with Crippen LogP contribution in [0.25, 0.3) is 0 Å². The van der Waals surface area contributed by atoms with Gasteiger partial charge in [0.1, 0.15) is 0 Å². The van der Waals surface area contributed by atoms with E-state index in [2.05, 4.69) is 0 Å². The molecule has 0 aliphatic carbocycles. The van der Waals surface area contributed by atoms with Crippen molar-refractivity contribution < 1.29 is 180 Å². The van der Waals surface area contributed by atoms with Crippen LogP contribution in [0.15, 0.2) is 0 Å². The maximum absolute atomic E-state index is 8.56. The summed E-state index contributed by atoms with van der Waals surface area (Å²) in [4.78, 5) is 103. The molecule has 0 saturated carbocycles. The zero-order valence-electron chi connectivity index (χ0n) is 21.6. The fourth-order valence-corrected chi connectivity index (χ4v) is 0. The molecule has 0 fully saturated rings. The summed E-state index contributed by atoms with van der Waals surface area (Å²) in [6.07, 6.45) is -22.0. The number of carboxylic acid groups (broad SMARTS) is 24. The van der Waals surface area contributed by atoms with Gasteiger partial charge in [0.25, 0.3) is 0 Å². The van der Waals surface area contributed by atoms with Gasteiger partial charge in [0.15, 0.2) is 0 Å². The zero-order valence-corrected chi connectivity index (χ0v) is 21.6. The summed E-state index contributed by atoms with van der Waals surface area (Å²) in [6, 6.07) is 0. The van der Waals surface area contributed by atoms with Gasteiger partial charge in [-0.25, -0.2) is 57.5 Å². The summed E-state index contributed by atoms with van der Waals surface area (Å²) in [7, 11) is 0. The Morgan fingerprint density at radius 1 is 0.135 bits per heavy atom. The summed E-state index contributed by atoms with van der Waals surface area (Å²) in [6.45, 7) is 0. The van der Waals surface area contributed by atoms with Crippen molar-refractivity contribution in [3.8, 4) is 0 Å². The van der Waals surface area contributed by atoms with E-state index in [9.17, 15) is 0 Å². The first-order valence-corrected chi connectivity index (χ1v) is 7.82. The van der Waals surface area contributed by atoms with Gasteiger partial charge in [-0.05, 0) is 0 Å². The van der Waals surface area contributed by atoms with Crippen molar-refractivity contribution in [2.24, 2.45) is 0 Å². The SMILES string of the molecule is O=C(O)O.O=C(O)O.O=C(O)O.O=C(O)O.O=C(O)O.O=C(O)O.O=C(O)O.O=C(O)O.O=C(O)O.O=C(O)O.O=C(O)O.O=C(O)O.[NaH].[NaH].[NaH].[NaH]. The van der Waals surface area contributed by atoms with Gasteiger partial charge in [-0.1, -0.05) is 0 Å². The van der Waals surface area contributed by atoms with Crippen LogP contribution in [0.2, 0.25) is 0 Å². The molecule has 0 aromatic carbocycles. The molecule has 0 heterocycles. The normalized spacial score (nSPS) is 5.54. The van der Waals surface area contributed by atoms with E-state index < -0.39 is 73.9 Å². The first-order chi connectivity index (χ1) is 20.8. The van der Waals surface area contributed by atoms with Crippen LogP contribution in [0, 0.1) is 0 Å². The molecule has 0 aromatic heterocycles. The zero-order chi connectivity index (χ0) is 42.9. The number of hydrogen-bond acceptors (Lipinski definition) is 12. The molecule has 0 unspecified atom stereocenters. The Hall–Kier alpha value is -4.76. The van der Waals surface area contributed by atoms with Gasteiger partial charge in [-0.2, -0.15) is 0 Å². The Morgan fingerprint density at radius 2 is 0.135 bits per heavy atom. The molecule has 0 radical (unpaired) electrons. The summed E-state index contributed by atoms with van der Waals surface area (Å²) >= 11 is 0. The van der Waals surface area contributed by atoms with Gasteiger partial charge in [0.05, 0.1) is 0 Å². The minimum absolute atomic E-state index is 0. The molecule has 36 nitrogen and oxygen atoms in total. The van der Waals surface area contributed by atoms with Crippen molar-refractivity contribution in [1.82, 2.24) is 0 Å². The van der Waals surface area contributed by atoms with Crippen molar-refractivity contribution in [2.45, 2.75) is 0 Å². The van der Waals surface area contributed by atoms with E-state index in [0.29, 0.717) is 0 Å². The van der Waals surface area contributed by atoms with E-state index in [1.54, 1.807) is 0 Å². The van der Waals surface area contributed by atoms with E-state index in [4.69, 9.17) is 180 Å². The van der Waals surface area contributed by atoms with Crippen LogP contribution < -0.4 is 0 Å². The van der Waals surface area contributed by atoms with Crippen molar-refractivity contribution in [1.29, 1.82) is 0 Å². The van der Waals surface area contributed by atoms with Crippen LogP contribution >= 0.6 is 0 Å². The molecule has 0 aliphatic heterocycles. The molecule has 24 N–H and O–H groups in total. The maximum atomic E-state index is 8.56. The molecule has 0 spiro atoms. The third kappa shape index (κ3) is 3910. The second-order valence-electron chi connectivity index (χ2n) is 3.39. The van der Waals surface area contributed by atoms with Crippen molar-refractivity contribution in [2.75, 3.05) is 0 Å². The van der Waals surface area contributed by atoms with Crippen molar-refractivity contribution >= 4 is 192 Å². The number of carbonyl (C=O) groups is 12. The molecule has 0 aromatic rings. The van der Waals surface area contributed by atoms with E-state index in [1.165, 1.54) is 0 Å². The van der Waals surface area contributed by atoms with E-state index in [-0.39, 0.29) is 118 Å². The molecule has 52 heavy (non-hydrogen) atoms. The second kappa shape index (κ2) is 97.0. The molecule has 0 amide bonds. The summed E-state index contributed by atoms with van der Waals surface area (Å²) in [5.74, 6) is 0. The molecule has 40 heteroatoms. The van der Waals surface area contributed by atoms with Crippen LogP contribution in [0.4, 0.5) is 57.5 Å². The first-order valence-electron chi connectivity index (χ1n) is 7.82. The molecular weight excluding hydrogens is 812 g/mol. The fraction of sp³-hybridized carbons (Fsp3) is 0. The van der Waals surface area contributed by atoms with Crippen molar-refractivity contribution in [3.05, 3.63) is 0 Å². The number of hydrogen-bond donors (Lipinski definition) is 24. The summed E-state index contributed by atoms with van der Waals surface area (Å²) < 4.78 is 0. The quantitative estimate of drug-likeness (QED) is 0.144. The van der Waals surface area contributed by atoms with Gasteiger partial charge in [-0.3, -0.25) is 0 Å². The number of rotatable bonds is 0. The van der Waals surface area contributed by atoms with Crippen LogP contribution in [0.3, 0.4) is 0 Å². The van der Waals surface area contributed by atoms with Gasteiger partial charge in [0.2, 0.25) is 0 Å². The molecule has 0 bridgehead atoms. The van der Waals surface area contributed by atoms with Crippen LogP contribution in [-0.2, 0) is 0 Å². The molecule has 0 aliphatic rings. The molecule has 0 atom stereocenters. The molecule has 0 saturated heterocycles. The standard InChI is InChI=1S/12CH2O3.4Na.4H/c12*2-1(3)4;;;;;;;;/h12*(H2,2,3,4);;;;;;;;. The average Bonchev–Trinajstić information content (AvgIpc) is 2.61. The van der Waals surface area contributed by atoms with Gasteiger partial charge in [0, 0.05) is 0 Å². The minimum atomic E-state index is -1.83. The molecular formula is C12H28Na4O36. The van der Waals surface area contributed by atoms with E-state index in [0.717, 1.165) is 0 Å². The van der Waals surface area contributed by atoms with E-state index >= 15 is 0 Å². The summed E-state index contributed by atoms with van der Waals surface area (Å²) in [5.41, 5.74) is 0.